The van der Waals surface area contributed by atoms with Gasteiger partial charge in [0.05, 0.1) is 12.0 Å². The van der Waals surface area contributed by atoms with Crippen LogP contribution in [0.5, 0.6) is 0 Å². The fraction of sp³-hybridized carbons (Fsp3) is 0.654. The maximum atomic E-state index is 13.2. The molecule has 1 N–H and O–H groups in total. The Morgan fingerprint density at radius 2 is 2.03 bits per heavy atom. The third kappa shape index (κ3) is 4.03. The largest absolute Gasteiger partial charge is 0.459 e. The molecule has 1 aromatic carbocycles. The Balaban J connectivity index is 0.00000245. The van der Waals surface area contributed by atoms with Crippen LogP contribution in [0.3, 0.4) is 0 Å². The Bertz CT molecular complexity index is 971. The van der Waals surface area contributed by atoms with Crippen molar-refractivity contribution in [2.75, 3.05) is 13.1 Å². The summed E-state index contributed by atoms with van der Waals surface area (Å²) in [7, 11) is 0. The highest BCUT2D eigenvalue weighted by atomic mass is 79.9. The second kappa shape index (κ2) is 9.47. The summed E-state index contributed by atoms with van der Waals surface area (Å²) in [6, 6.07) is 7.56. The summed E-state index contributed by atoms with van der Waals surface area (Å²) >= 11 is 0. The standard InChI is InChI=1S/C26H36N2O3.BrH/c1-4-27-14-18(26(30)31-24-11-6-5-10-23(24)29)12-20-19-8-7-9-21-25(19)17(13-22(20)27)15-28(21)16(2)3;/h7-9,15-16,18,20,22-24,29H,4-6,10-14H2,1-3H3;1H/t18-,20-,22-,23?,24?;/m1./s1. The van der Waals surface area contributed by atoms with E-state index < -0.39 is 6.10 Å². The molecule has 5 nitrogen and oxygen atoms in total. The van der Waals surface area contributed by atoms with Crippen LogP contribution in [0.1, 0.15) is 76.0 Å². The van der Waals surface area contributed by atoms with Crippen molar-refractivity contribution in [2.24, 2.45) is 5.92 Å². The maximum Gasteiger partial charge on any atom is 0.310 e. The summed E-state index contributed by atoms with van der Waals surface area (Å²) in [5.41, 5.74) is 4.17. The third-order valence-electron chi connectivity index (χ3n) is 7.96. The van der Waals surface area contributed by atoms with E-state index in [4.69, 9.17) is 4.74 Å². The number of aliphatic hydroxyl groups excluding tert-OH is 1. The average molecular weight is 505 g/mol. The molecule has 0 bridgehead atoms. The van der Waals surface area contributed by atoms with E-state index in [-0.39, 0.29) is 35.0 Å². The molecular weight excluding hydrogens is 468 g/mol. The molecule has 176 valence electrons. The van der Waals surface area contributed by atoms with Crippen molar-refractivity contribution in [3.8, 4) is 0 Å². The first kappa shape index (κ1) is 23.8. The van der Waals surface area contributed by atoms with E-state index in [1.807, 2.05) is 0 Å². The number of carbonyl (C=O) groups is 1. The number of likely N-dealkylation sites (tertiary alicyclic amines) is 1. The summed E-state index contributed by atoms with van der Waals surface area (Å²) in [5, 5.41) is 11.7. The van der Waals surface area contributed by atoms with E-state index in [2.05, 4.69) is 54.6 Å². The molecule has 32 heavy (non-hydrogen) atoms. The molecule has 1 aliphatic heterocycles. The highest BCUT2D eigenvalue weighted by Gasteiger charge is 2.43. The molecule has 1 saturated carbocycles. The lowest BCUT2D eigenvalue weighted by atomic mass is 9.72. The number of rotatable bonds is 4. The van der Waals surface area contributed by atoms with Gasteiger partial charge in [-0.1, -0.05) is 25.5 Å². The summed E-state index contributed by atoms with van der Waals surface area (Å²) in [6.45, 7) is 8.38. The number of aliphatic hydroxyl groups is 1. The number of ether oxygens (including phenoxy) is 1. The molecule has 5 rings (SSSR count). The molecule has 2 unspecified atom stereocenters. The van der Waals surface area contributed by atoms with Gasteiger partial charge in [-0.3, -0.25) is 9.69 Å². The van der Waals surface area contributed by atoms with Gasteiger partial charge in [0.1, 0.15) is 6.10 Å². The van der Waals surface area contributed by atoms with E-state index in [9.17, 15) is 9.90 Å². The number of esters is 1. The number of likely N-dealkylation sites (N-methyl/N-ethyl adjacent to an activating group) is 1. The number of fused-ring (bicyclic) bond motifs is 2. The average Bonchev–Trinajstić information content (AvgIpc) is 3.15. The van der Waals surface area contributed by atoms with Crippen LogP contribution in [-0.2, 0) is 16.0 Å². The van der Waals surface area contributed by atoms with Crippen LogP contribution in [0.15, 0.2) is 24.4 Å². The van der Waals surface area contributed by atoms with Gasteiger partial charge in [-0.05, 0) is 69.7 Å². The molecule has 1 saturated heterocycles. The molecule has 2 aliphatic carbocycles. The Hall–Kier alpha value is -1.37. The van der Waals surface area contributed by atoms with Gasteiger partial charge in [-0.25, -0.2) is 0 Å². The minimum absolute atomic E-state index is 0. The fourth-order valence-electron chi connectivity index (χ4n) is 6.35. The summed E-state index contributed by atoms with van der Waals surface area (Å²) in [5.74, 6) is 0.113. The zero-order valence-electron chi connectivity index (χ0n) is 19.5. The first-order valence-corrected chi connectivity index (χ1v) is 12.2. The number of halogens is 1. The normalized spacial score (nSPS) is 30.1. The highest BCUT2D eigenvalue weighted by molar-refractivity contribution is 8.93. The van der Waals surface area contributed by atoms with Crippen LogP contribution in [0, 0.1) is 5.92 Å². The van der Waals surface area contributed by atoms with Gasteiger partial charge >= 0.3 is 5.97 Å². The van der Waals surface area contributed by atoms with E-state index in [0.29, 0.717) is 18.0 Å². The number of carbonyl (C=O) groups excluding carboxylic acids is 1. The molecule has 0 spiro atoms. The highest BCUT2D eigenvalue weighted by Crippen LogP contribution is 2.46. The lowest BCUT2D eigenvalue weighted by Gasteiger charge is -2.46. The van der Waals surface area contributed by atoms with E-state index in [0.717, 1.165) is 51.6 Å². The predicted octanol–water partition coefficient (Wildman–Crippen LogP) is 5.00. The van der Waals surface area contributed by atoms with Crippen LogP contribution in [0.25, 0.3) is 10.9 Å². The third-order valence-corrected chi connectivity index (χ3v) is 7.96. The van der Waals surface area contributed by atoms with Crippen molar-refractivity contribution in [3.63, 3.8) is 0 Å². The lowest BCUT2D eigenvalue weighted by Crippen LogP contribution is -2.52. The molecule has 3 aliphatic rings. The van der Waals surface area contributed by atoms with Gasteiger partial charge in [-0.2, -0.15) is 0 Å². The van der Waals surface area contributed by atoms with E-state index >= 15 is 0 Å². The first-order chi connectivity index (χ1) is 15.0. The fourth-order valence-corrected chi connectivity index (χ4v) is 6.35. The van der Waals surface area contributed by atoms with Crippen molar-refractivity contribution < 1.29 is 14.6 Å². The quantitative estimate of drug-likeness (QED) is 0.595. The number of hydrogen-bond donors (Lipinski definition) is 1. The van der Waals surface area contributed by atoms with E-state index in [1.54, 1.807) is 0 Å². The summed E-state index contributed by atoms with van der Waals surface area (Å²) < 4.78 is 8.27. The predicted molar refractivity (Wildman–Crippen MR) is 133 cm³/mol. The number of nitrogens with zero attached hydrogens (tertiary/aromatic N) is 2. The van der Waals surface area contributed by atoms with Gasteiger partial charge < -0.3 is 14.4 Å². The van der Waals surface area contributed by atoms with Crippen LogP contribution in [-0.4, -0.2) is 51.9 Å². The first-order valence-electron chi connectivity index (χ1n) is 12.2. The molecule has 6 heteroatoms. The molecule has 2 fully saturated rings. The zero-order chi connectivity index (χ0) is 21.7. The van der Waals surface area contributed by atoms with Gasteiger partial charge in [0.25, 0.3) is 0 Å². The van der Waals surface area contributed by atoms with Crippen LogP contribution < -0.4 is 0 Å². The zero-order valence-corrected chi connectivity index (χ0v) is 21.2. The topological polar surface area (TPSA) is 54.7 Å². The van der Waals surface area contributed by atoms with Crippen molar-refractivity contribution in [1.82, 2.24) is 9.47 Å². The van der Waals surface area contributed by atoms with Crippen LogP contribution in [0.4, 0.5) is 0 Å². The molecule has 5 atom stereocenters. The Morgan fingerprint density at radius 1 is 1.25 bits per heavy atom. The monoisotopic (exact) mass is 504 g/mol. The second-order valence-corrected chi connectivity index (χ2v) is 10.1. The molecule has 0 radical (unpaired) electrons. The minimum Gasteiger partial charge on any atom is -0.459 e. The van der Waals surface area contributed by atoms with E-state index in [1.165, 1.54) is 22.0 Å². The maximum absolute atomic E-state index is 13.2. The molecular formula is C26H37BrN2O3. The number of piperidine rings is 1. The molecule has 2 heterocycles. The molecule has 0 amide bonds. The smallest absolute Gasteiger partial charge is 0.310 e. The lowest BCUT2D eigenvalue weighted by molar-refractivity contribution is -0.165. The number of benzene rings is 1. The Labute approximate surface area is 201 Å². The van der Waals surface area contributed by atoms with Gasteiger partial charge in [0.2, 0.25) is 0 Å². The van der Waals surface area contributed by atoms with Gasteiger partial charge in [0.15, 0.2) is 0 Å². The summed E-state index contributed by atoms with van der Waals surface area (Å²) in [6.07, 6.45) is 7.00. The summed E-state index contributed by atoms with van der Waals surface area (Å²) in [4.78, 5) is 15.7. The van der Waals surface area contributed by atoms with Crippen molar-refractivity contribution >= 4 is 33.9 Å². The Morgan fingerprint density at radius 3 is 2.75 bits per heavy atom. The number of aromatic nitrogens is 1. The van der Waals surface area contributed by atoms with Crippen LogP contribution >= 0.6 is 17.0 Å². The minimum atomic E-state index is -0.502. The van der Waals surface area contributed by atoms with Crippen LogP contribution in [0.2, 0.25) is 0 Å². The number of hydrogen-bond acceptors (Lipinski definition) is 4. The van der Waals surface area contributed by atoms with Gasteiger partial charge in [-0.15, -0.1) is 17.0 Å². The molecule has 1 aromatic heterocycles. The second-order valence-electron chi connectivity index (χ2n) is 10.1. The Kier molecular flexibility index (Phi) is 7.04. The van der Waals surface area contributed by atoms with Crippen molar-refractivity contribution in [3.05, 3.63) is 35.5 Å². The van der Waals surface area contributed by atoms with Crippen molar-refractivity contribution in [2.45, 2.75) is 89.5 Å². The molecule has 2 aromatic rings. The SMILES string of the molecule is Br.CCN1C[C@H](C(=O)OC2CCCCC2O)C[C@@H]2c3cccc4c3c(cn4C(C)C)C[C@H]21. The van der Waals surface area contributed by atoms with Gasteiger partial charge in [0, 0.05) is 41.6 Å². The van der Waals surface area contributed by atoms with Crippen molar-refractivity contribution in [1.29, 1.82) is 0 Å².